The third-order valence-electron chi connectivity index (χ3n) is 3.68. The first-order valence-corrected chi connectivity index (χ1v) is 10.0. The molecule has 0 aliphatic carbocycles. The van der Waals surface area contributed by atoms with Crippen LogP contribution in [0.15, 0.2) is 32.2 Å². The molecule has 3 aromatic heterocycles. The average Bonchev–Trinajstić information content (AvgIpc) is 3.23. The molecule has 0 aliphatic rings. The van der Waals surface area contributed by atoms with E-state index >= 15 is 0 Å². The summed E-state index contributed by atoms with van der Waals surface area (Å²) in [6, 6.07) is 5.28. The predicted molar refractivity (Wildman–Crippen MR) is 106 cm³/mol. The van der Waals surface area contributed by atoms with Crippen LogP contribution in [0.1, 0.15) is 15.5 Å². The second-order valence-electron chi connectivity index (χ2n) is 5.66. The number of rotatable bonds is 5. The van der Waals surface area contributed by atoms with Crippen molar-refractivity contribution in [1.82, 2.24) is 19.8 Å². The predicted octanol–water partition coefficient (Wildman–Crippen LogP) is 2.54. The Bertz CT molecular complexity index is 1030. The van der Waals surface area contributed by atoms with Crippen LogP contribution >= 0.6 is 38.6 Å². The minimum Gasteiger partial charge on any atom is -0.337 e. The highest BCUT2D eigenvalue weighted by atomic mass is 79.9. The summed E-state index contributed by atoms with van der Waals surface area (Å²) in [5.41, 5.74) is 0.404. The molecule has 0 aromatic carbocycles. The fourth-order valence-corrected chi connectivity index (χ4v) is 4.43. The van der Waals surface area contributed by atoms with E-state index in [4.69, 9.17) is 0 Å². The second-order valence-corrected chi connectivity index (χ2v) is 9.04. The van der Waals surface area contributed by atoms with Crippen molar-refractivity contribution in [3.63, 3.8) is 0 Å². The third-order valence-corrected chi connectivity index (χ3v) is 6.19. The molecule has 1 N–H and O–H groups in total. The molecule has 0 fully saturated rings. The molecule has 0 atom stereocenters. The monoisotopic (exact) mass is 454 g/mol. The number of aromatic amines is 1. The van der Waals surface area contributed by atoms with Crippen molar-refractivity contribution < 1.29 is 9.59 Å². The van der Waals surface area contributed by atoms with Gasteiger partial charge in [-0.15, -0.1) is 22.7 Å². The van der Waals surface area contributed by atoms with Gasteiger partial charge in [-0.3, -0.25) is 14.4 Å². The Morgan fingerprint density at radius 1 is 1.23 bits per heavy atom. The van der Waals surface area contributed by atoms with E-state index in [1.54, 1.807) is 37.7 Å². The standard InChI is InChI=1S/C16H15BrN4O3S2/c1-20(7-12-18-9-5-6-25-14(9)15(23)19-12)13(22)8-21(2)16(24)10-3-4-11(17)26-10/h3-6H,7-8H2,1-2H3,(H,18,19,23). The normalized spacial score (nSPS) is 10.9. The number of thiophene rings is 2. The molecule has 0 saturated heterocycles. The zero-order valence-electron chi connectivity index (χ0n) is 14.0. The highest BCUT2D eigenvalue weighted by Crippen LogP contribution is 2.23. The number of carbonyl (C=O) groups is 2. The fraction of sp³-hybridized carbons (Fsp3) is 0.250. The second kappa shape index (κ2) is 7.68. The number of amides is 2. The lowest BCUT2D eigenvalue weighted by atomic mass is 10.3. The molecule has 136 valence electrons. The van der Waals surface area contributed by atoms with Crippen LogP contribution in [0.5, 0.6) is 0 Å². The van der Waals surface area contributed by atoms with Crippen molar-refractivity contribution >= 4 is 60.6 Å². The van der Waals surface area contributed by atoms with Crippen LogP contribution in [0.3, 0.4) is 0 Å². The lowest BCUT2D eigenvalue weighted by molar-refractivity contribution is -0.131. The van der Waals surface area contributed by atoms with Crippen molar-refractivity contribution in [2.75, 3.05) is 20.6 Å². The maximum absolute atomic E-state index is 12.4. The van der Waals surface area contributed by atoms with E-state index in [1.165, 1.54) is 32.5 Å². The van der Waals surface area contributed by atoms with Gasteiger partial charge >= 0.3 is 0 Å². The largest absolute Gasteiger partial charge is 0.337 e. The molecule has 0 radical (unpaired) electrons. The van der Waals surface area contributed by atoms with Crippen LogP contribution < -0.4 is 5.56 Å². The van der Waals surface area contributed by atoms with E-state index in [2.05, 4.69) is 25.9 Å². The van der Waals surface area contributed by atoms with Gasteiger partial charge < -0.3 is 14.8 Å². The van der Waals surface area contributed by atoms with Gasteiger partial charge in [0.1, 0.15) is 10.5 Å². The molecule has 0 aliphatic heterocycles. The number of fused-ring (bicyclic) bond motifs is 1. The molecule has 0 bridgehead atoms. The van der Waals surface area contributed by atoms with E-state index in [0.29, 0.717) is 20.9 Å². The molecule has 3 aromatic rings. The number of likely N-dealkylation sites (N-methyl/N-ethyl adjacent to an activating group) is 2. The van der Waals surface area contributed by atoms with Gasteiger partial charge in [-0.05, 0) is 39.5 Å². The summed E-state index contributed by atoms with van der Waals surface area (Å²) in [5, 5.41) is 1.80. The molecule has 2 amide bonds. The Balaban J connectivity index is 1.65. The number of nitrogens with zero attached hydrogens (tertiary/aromatic N) is 3. The number of nitrogens with one attached hydrogen (secondary N) is 1. The number of hydrogen-bond donors (Lipinski definition) is 1. The smallest absolute Gasteiger partial charge is 0.268 e. The topological polar surface area (TPSA) is 86.4 Å². The number of halogens is 1. The molecule has 0 unspecified atom stereocenters. The van der Waals surface area contributed by atoms with Gasteiger partial charge in [-0.2, -0.15) is 0 Å². The van der Waals surface area contributed by atoms with Crippen molar-refractivity contribution in [3.05, 3.63) is 48.4 Å². The van der Waals surface area contributed by atoms with Crippen LogP contribution in [0.2, 0.25) is 0 Å². The van der Waals surface area contributed by atoms with Gasteiger partial charge in [0.25, 0.3) is 11.5 Å². The minimum atomic E-state index is -0.246. The SMILES string of the molecule is CN(Cc1nc2ccsc2c(=O)[nH]1)C(=O)CN(C)C(=O)c1ccc(Br)s1. The van der Waals surface area contributed by atoms with E-state index in [-0.39, 0.29) is 30.5 Å². The molecule has 26 heavy (non-hydrogen) atoms. The maximum atomic E-state index is 12.4. The molecule has 0 saturated carbocycles. The summed E-state index contributed by atoms with van der Waals surface area (Å²) >= 11 is 5.96. The highest BCUT2D eigenvalue weighted by molar-refractivity contribution is 9.11. The molecule has 7 nitrogen and oxygen atoms in total. The van der Waals surface area contributed by atoms with E-state index in [1.807, 2.05) is 0 Å². The van der Waals surface area contributed by atoms with Crippen LogP contribution in [-0.4, -0.2) is 52.2 Å². The summed E-state index contributed by atoms with van der Waals surface area (Å²) < 4.78 is 1.42. The van der Waals surface area contributed by atoms with Gasteiger partial charge in [-0.25, -0.2) is 4.98 Å². The first kappa shape index (κ1) is 18.7. The fourth-order valence-electron chi connectivity index (χ4n) is 2.32. The van der Waals surface area contributed by atoms with E-state index in [9.17, 15) is 14.4 Å². The maximum Gasteiger partial charge on any atom is 0.268 e. The number of carbonyl (C=O) groups excluding carboxylic acids is 2. The van der Waals surface area contributed by atoms with Crippen LogP contribution in [0, 0.1) is 0 Å². The Kier molecular flexibility index (Phi) is 5.54. The zero-order chi connectivity index (χ0) is 18.8. The number of hydrogen-bond acceptors (Lipinski definition) is 6. The van der Waals surface area contributed by atoms with Crippen LogP contribution in [0.25, 0.3) is 10.2 Å². The minimum absolute atomic E-state index is 0.0597. The summed E-state index contributed by atoms with van der Waals surface area (Å²) in [6.07, 6.45) is 0. The molecular weight excluding hydrogens is 440 g/mol. The number of aromatic nitrogens is 2. The quantitative estimate of drug-likeness (QED) is 0.641. The molecule has 10 heteroatoms. The Labute approximate surface area is 165 Å². The van der Waals surface area contributed by atoms with Crippen molar-refractivity contribution in [2.24, 2.45) is 0 Å². The van der Waals surface area contributed by atoms with Crippen molar-refractivity contribution in [1.29, 1.82) is 0 Å². The number of H-pyrrole nitrogens is 1. The zero-order valence-corrected chi connectivity index (χ0v) is 17.2. The van der Waals surface area contributed by atoms with Crippen LogP contribution in [0.4, 0.5) is 0 Å². The Morgan fingerprint density at radius 3 is 2.69 bits per heavy atom. The molecule has 3 heterocycles. The Hall–Kier alpha value is -2.04. The third kappa shape index (κ3) is 4.02. The molecule has 3 rings (SSSR count). The highest BCUT2D eigenvalue weighted by Gasteiger charge is 2.19. The van der Waals surface area contributed by atoms with Crippen LogP contribution in [-0.2, 0) is 11.3 Å². The van der Waals surface area contributed by atoms with Crippen molar-refractivity contribution in [3.8, 4) is 0 Å². The molecular formula is C16H15BrN4O3S2. The summed E-state index contributed by atoms with van der Waals surface area (Å²) in [6.45, 7) is 0.0994. The summed E-state index contributed by atoms with van der Waals surface area (Å²) in [4.78, 5) is 47.1. The lowest BCUT2D eigenvalue weighted by Crippen LogP contribution is -2.39. The average molecular weight is 455 g/mol. The Morgan fingerprint density at radius 2 is 2.00 bits per heavy atom. The van der Waals surface area contributed by atoms with Gasteiger partial charge in [0.05, 0.1) is 27.3 Å². The van der Waals surface area contributed by atoms with E-state index in [0.717, 1.165) is 3.79 Å². The van der Waals surface area contributed by atoms with Gasteiger partial charge in [0, 0.05) is 14.1 Å². The van der Waals surface area contributed by atoms with Crippen molar-refractivity contribution in [2.45, 2.75) is 6.54 Å². The lowest BCUT2D eigenvalue weighted by Gasteiger charge is -2.21. The molecule has 0 spiro atoms. The summed E-state index contributed by atoms with van der Waals surface area (Å²) in [7, 11) is 3.19. The first-order chi connectivity index (χ1) is 12.3. The first-order valence-electron chi connectivity index (χ1n) is 7.56. The van der Waals surface area contributed by atoms with E-state index < -0.39 is 0 Å². The van der Waals surface area contributed by atoms with Gasteiger partial charge in [0.2, 0.25) is 5.91 Å². The van der Waals surface area contributed by atoms with Gasteiger partial charge in [-0.1, -0.05) is 0 Å². The summed E-state index contributed by atoms with van der Waals surface area (Å²) in [5.74, 6) is -0.0499. The van der Waals surface area contributed by atoms with Gasteiger partial charge in [0.15, 0.2) is 0 Å².